The van der Waals surface area contributed by atoms with Gasteiger partial charge in [-0.2, -0.15) is 0 Å². The second-order valence-electron chi connectivity index (χ2n) is 5.81. The maximum atomic E-state index is 5.93. The zero-order valence-corrected chi connectivity index (χ0v) is 13.8. The summed E-state index contributed by atoms with van der Waals surface area (Å²) < 4.78 is 6.96. The lowest BCUT2D eigenvalue weighted by molar-refractivity contribution is 0.584. The molecule has 0 aliphatic rings. The number of fused-ring (bicyclic) bond motifs is 1. The van der Waals surface area contributed by atoms with Crippen LogP contribution >= 0.6 is 22.6 Å². The van der Waals surface area contributed by atoms with Crippen LogP contribution in [-0.2, 0) is 5.41 Å². The third-order valence-electron chi connectivity index (χ3n) is 3.26. The lowest BCUT2D eigenvalue weighted by Gasteiger charge is -2.18. The van der Waals surface area contributed by atoms with E-state index in [0.29, 0.717) is 5.89 Å². The molecule has 0 amide bonds. The second-order valence-corrected chi connectivity index (χ2v) is 6.97. The molecule has 0 atom stereocenters. The van der Waals surface area contributed by atoms with Crippen molar-refractivity contribution in [2.45, 2.75) is 26.2 Å². The first kappa shape index (κ1) is 13.5. The molecule has 0 aliphatic heterocycles. The Morgan fingerprint density at radius 3 is 2.65 bits per heavy atom. The highest BCUT2D eigenvalue weighted by Gasteiger charge is 2.17. The van der Waals surface area contributed by atoms with Crippen molar-refractivity contribution in [1.29, 1.82) is 0 Å². The van der Waals surface area contributed by atoms with Crippen LogP contribution in [0.2, 0.25) is 0 Å². The maximum Gasteiger partial charge on any atom is 0.228 e. The Morgan fingerprint density at radius 2 is 1.95 bits per heavy atom. The Morgan fingerprint density at radius 1 is 1.15 bits per heavy atom. The first-order chi connectivity index (χ1) is 9.45. The minimum Gasteiger partial charge on any atom is -0.436 e. The molecule has 0 saturated carbocycles. The van der Waals surface area contributed by atoms with Gasteiger partial charge in [-0.15, -0.1) is 0 Å². The molecule has 0 N–H and O–H groups in total. The van der Waals surface area contributed by atoms with Gasteiger partial charge in [0.15, 0.2) is 5.58 Å². The number of hydrogen-bond acceptors (Lipinski definition) is 3. The fourth-order valence-electron chi connectivity index (χ4n) is 2.05. The summed E-state index contributed by atoms with van der Waals surface area (Å²) in [6, 6.07) is 8.15. The van der Waals surface area contributed by atoms with E-state index in [0.717, 1.165) is 20.2 Å². The summed E-state index contributed by atoms with van der Waals surface area (Å²) in [6.45, 7) is 6.58. The normalized spacial score (nSPS) is 12.0. The van der Waals surface area contributed by atoms with Crippen molar-refractivity contribution >= 4 is 33.7 Å². The smallest absolute Gasteiger partial charge is 0.228 e. The largest absolute Gasteiger partial charge is 0.436 e. The van der Waals surface area contributed by atoms with Crippen molar-refractivity contribution in [2.24, 2.45) is 0 Å². The van der Waals surface area contributed by atoms with Crippen molar-refractivity contribution in [3.05, 3.63) is 45.8 Å². The summed E-state index contributed by atoms with van der Waals surface area (Å²) in [6.07, 6.45) is 3.57. The Labute approximate surface area is 131 Å². The Bertz CT molecular complexity index is 771. The molecule has 0 aliphatic carbocycles. The van der Waals surface area contributed by atoms with E-state index in [1.165, 1.54) is 5.56 Å². The number of oxazole rings is 1. The summed E-state index contributed by atoms with van der Waals surface area (Å²) in [5.41, 5.74) is 4.05. The molecule has 3 nitrogen and oxygen atoms in total. The number of halogens is 1. The molecule has 4 heteroatoms. The molecule has 102 valence electrons. The predicted octanol–water partition coefficient (Wildman–Crippen LogP) is 4.79. The summed E-state index contributed by atoms with van der Waals surface area (Å²) in [4.78, 5) is 8.66. The van der Waals surface area contributed by atoms with Crippen LogP contribution in [0.4, 0.5) is 0 Å². The minimum atomic E-state index is 0.103. The molecular formula is C16H15IN2O. The van der Waals surface area contributed by atoms with Crippen molar-refractivity contribution in [2.75, 3.05) is 0 Å². The lowest BCUT2D eigenvalue weighted by atomic mass is 9.87. The fraction of sp³-hybridized carbons (Fsp3) is 0.250. The van der Waals surface area contributed by atoms with Gasteiger partial charge in [-0.25, -0.2) is 4.98 Å². The maximum absolute atomic E-state index is 5.93. The van der Waals surface area contributed by atoms with Crippen molar-refractivity contribution in [1.82, 2.24) is 9.97 Å². The van der Waals surface area contributed by atoms with E-state index in [4.69, 9.17) is 4.42 Å². The molecule has 0 fully saturated rings. The topological polar surface area (TPSA) is 38.9 Å². The zero-order valence-electron chi connectivity index (χ0n) is 11.6. The molecule has 0 bridgehead atoms. The minimum absolute atomic E-state index is 0.103. The lowest BCUT2D eigenvalue weighted by Crippen LogP contribution is -2.10. The van der Waals surface area contributed by atoms with Gasteiger partial charge in [0, 0.05) is 16.0 Å². The number of hydrogen-bond donors (Lipinski definition) is 0. The van der Waals surface area contributed by atoms with E-state index >= 15 is 0 Å². The van der Waals surface area contributed by atoms with Crippen LogP contribution in [0.3, 0.4) is 0 Å². The number of nitrogens with zero attached hydrogens (tertiary/aromatic N) is 2. The van der Waals surface area contributed by atoms with Crippen molar-refractivity contribution in [3.63, 3.8) is 0 Å². The summed E-state index contributed by atoms with van der Waals surface area (Å²) in [5.74, 6) is 0.651. The molecule has 0 saturated heterocycles. The van der Waals surface area contributed by atoms with E-state index in [-0.39, 0.29) is 5.41 Å². The first-order valence-electron chi connectivity index (χ1n) is 6.46. The molecule has 20 heavy (non-hydrogen) atoms. The summed E-state index contributed by atoms with van der Waals surface area (Å²) >= 11 is 2.25. The molecule has 2 heterocycles. The van der Waals surface area contributed by atoms with E-state index in [2.05, 4.69) is 65.5 Å². The highest BCUT2D eigenvalue weighted by atomic mass is 127. The molecule has 3 aromatic rings. The number of pyridine rings is 1. The van der Waals surface area contributed by atoms with E-state index in [1.54, 1.807) is 6.20 Å². The zero-order chi connectivity index (χ0) is 14.3. The van der Waals surface area contributed by atoms with E-state index in [1.807, 2.05) is 18.3 Å². The van der Waals surface area contributed by atoms with Gasteiger partial charge >= 0.3 is 0 Å². The second kappa shape index (κ2) is 4.84. The Kier molecular flexibility index (Phi) is 3.28. The van der Waals surface area contributed by atoms with Gasteiger partial charge < -0.3 is 4.42 Å². The van der Waals surface area contributed by atoms with Crippen LogP contribution in [0.5, 0.6) is 0 Å². The van der Waals surface area contributed by atoms with Gasteiger partial charge in [0.25, 0.3) is 0 Å². The number of rotatable bonds is 1. The first-order valence-corrected chi connectivity index (χ1v) is 7.54. The van der Waals surface area contributed by atoms with Crippen LogP contribution in [0, 0.1) is 3.57 Å². The summed E-state index contributed by atoms with van der Waals surface area (Å²) in [5, 5.41) is 0. The molecular weight excluding hydrogens is 363 g/mol. The monoisotopic (exact) mass is 378 g/mol. The van der Waals surface area contributed by atoms with Gasteiger partial charge in [-0.05, 0) is 51.8 Å². The van der Waals surface area contributed by atoms with Crippen LogP contribution in [0.25, 0.3) is 22.6 Å². The van der Waals surface area contributed by atoms with Crippen LogP contribution in [0.15, 0.2) is 41.1 Å². The van der Waals surface area contributed by atoms with E-state index in [9.17, 15) is 0 Å². The Hall–Kier alpha value is -1.43. The average molecular weight is 378 g/mol. The van der Waals surface area contributed by atoms with E-state index < -0.39 is 0 Å². The molecule has 3 rings (SSSR count). The van der Waals surface area contributed by atoms with Gasteiger partial charge in [0.1, 0.15) is 5.52 Å². The summed E-state index contributed by atoms with van der Waals surface area (Å²) in [7, 11) is 0. The van der Waals surface area contributed by atoms with Gasteiger partial charge in [0.2, 0.25) is 5.89 Å². The molecule has 0 radical (unpaired) electrons. The quantitative estimate of drug-likeness (QED) is 0.572. The molecule has 1 aromatic carbocycles. The van der Waals surface area contributed by atoms with Gasteiger partial charge in [0.05, 0.1) is 5.56 Å². The molecule has 0 spiro atoms. The molecule has 2 aromatic heterocycles. The van der Waals surface area contributed by atoms with Gasteiger partial charge in [-0.1, -0.05) is 26.8 Å². The highest BCUT2D eigenvalue weighted by Crippen LogP contribution is 2.30. The van der Waals surface area contributed by atoms with Crippen LogP contribution in [0.1, 0.15) is 26.3 Å². The SMILES string of the molecule is CC(C)(C)c1ccc2nc(-c3ccncc3I)oc2c1. The average Bonchev–Trinajstić information content (AvgIpc) is 2.80. The Balaban J connectivity index is 2.14. The fourth-order valence-corrected chi connectivity index (χ4v) is 2.63. The third-order valence-corrected chi connectivity index (χ3v) is 4.12. The van der Waals surface area contributed by atoms with Crippen molar-refractivity contribution < 1.29 is 4.42 Å². The highest BCUT2D eigenvalue weighted by molar-refractivity contribution is 14.1. The van der Waals surface area contributed by atoms with Crippen LogP contribution in [-0.4, -0.2) is 9.97 Å². The van der Waals surface area contributed by atoms with Crippen LogP contribution < -0.4 is 0 Å². The van der Waals surface area contributed by atoms with Crippen molar-refractivity contribution in [3.8, 4) is 11.5 Å². The van der Waals surface area contributed by atoms with Gasteiger partial charge in [-0.3, -0.25) is 4.98 Å². The number of benzene rings is 1. The standard InChI is InChI=1S/C16H15IN2O/c1-16(2,3)10-4-5-13-14(8-10)20-15(19-13)11-6-7-18-9-12(11)17/h4-9H,1-3H3. The number of aromatic nitrogens is 2. The molecule has 0 unspecified atom stereocenters. The third kappa shape index (κ3) is 2.44. The predicted molar refractivity (Wildman–Crippen MR) is 88.7 cm³/mol.